The van der Waals surface area contributed by atoms with Crippen molar-refractivity contribution >= 4 is 16.0 Å². The predicted molar refractivity (Wildman–Crippen MR) is 99.0 cm³/mol. The molecule has 144 valence electrons. The molecule has 1 saturated carbocycles. The van der Waals surface area contributed by atoms with Gasteiger partial charge in [-0.3, -0.25) is 4.68 Å². The quantitative estimate of drug-likeness (QED) is 0.818. The second-order valence-corrected chi connectivity index (χ2v) is 9.23. The van der Waals surface area contributed by atoms with E-state index in [1.165, 1.54) is 4.31 Å². The van der Waals surface area contributed by atoms with Gasteiger partial charge in [0.05, 0.1) is 4.90 Å². The van der Waals surface area contributed by atoms with Gasteiger partial charge in [0.25, 0.3) is 0 Å². The fourth-order valence-electron chi connectivity index (χ4n) is 3.59. The van der Waals surface area contributed by atoms with Crippen LogP contribution in [-0.4, -0.2) is 40.1 Å². The monoisotopic (exact) mass is 389 g/mol. The molecular formula is C19H23N3O4S. The van der Waals surface area contributed by atoms with Crippen LogP contribution in [0, 0.1) is 5.92 Å². The van der Waals surface area contributed by atoms with E-state index < -0.39 is 16.0 Å². The molecule has 7 nitrogen and oxygen atoms in total. The molecule has 0 unspecified atom stereocenters. The van der Waals surface area contributed by atoms with Crippen LogP contribution in [0.3, 0.4) is 0 Å². The van der Waals surface area contributed by atoms with Crippen LogP contribution in [-0.2, 0) is 36.0 Å². The van der Waals surface area contributed by atoms with Gasteiger partial charge in [-0.2, -0.15) is 9.40 Å². The van der Waals surface area contributed by atoms with E-state index in [4.69, 9.17) is 0 Å². The molecule has 1 aromatic heterocycles. The van der Waals surface area contributed by atoms with Crippen molar-refractivity contribution in [3.8, 4) is 0 Å². The van der Waals surface area contributed by atoms with E-state index >= 15 is 0 Å². The highest BCUT2D eigenvalue weighted by Gasteiger charge is 2.35. The van der Waals surface area contributed by atoms with Crippen LogP contribution < -0.4 is 0 Å². The Hall–Kier alpha value is -2.19. The van der Waals surface area contributed by atoms with E-state index in [0.717, 1.165) is 37.1 Å². The fraction of sp³-hybridized carbons (Fsp3) is 0.474. The molecule has 4 rings (SSSR count). The maximum Gasteiger partial charge on any atom is 0.356 e. The van der Waals surface area contributed by atoms with Crippen LogP contribution in [0.2, 0.25) is 0 Å². The van der Waals surface area contributed by atoms with Gasteiger partial charge in [0.1, 0.15) is 0 Å². The van der Waals surface area contributed by atoms with E-state index in [-0.39, 0.29) is 17.1 Å². The van der Waals surface area contributed by atoms with Crippen molar-refractivity contribution in [1.29, 1.82) is 0 Å². The number of nitrogens with zero attached hydrogens (tertiary/aromatic N) is 3. The van der Waals surface area contributed by atoms with E-state index in [9.17, 15) is 18.3 Å². The number of aryl methyl sites for hydroxylation is 1. The van der Waals surface area contributed by atoms with Crippen LogP contribution >= 0.6 is 0 Å². The number of carbonyl (C=O) groups is 1. The highest BCUT2D eigenvalue weighted by Crippen LogP contribution is 2.33. The Labute approximate surface area is 158 Å². The summed E-state index contributed by atoms with van der Waals surface area (Å²) in [4.78, 5) is 11.9. The maximum absolute atomic E-state index is 13.0. The van der Waals surface area contributed by atoms with Crippen molar-refractivity contribution in [1.82, 2.24) is 14.1 Å². The third-order valence-corrected chi connectivity index (χ3v) is 7.26. The topological polar surface area (TPSA) is 92.5 Å². The lowest BCUT2D eigenvalue weighted by Crippen LogP contribution is -2.36. The Morgan fingerprint density at radius 1 is 1.26 bits per heavy atom. The molecule has 27 heavy (non-hydrogen) atoms. The number of fused-ring (bicyclic) bond motifs is 1. The number of benzene rings is 1. The zero-order chi connectivity index (χ0) is 19.2. The van der Waals surface area contributed by atoms with E-state index in [1.807, 2.05) is 19.1 Å². The number of carboxylic acid groups (broad SMARTS) is 1. The summed E-state index contributed by atoms with van der Waals surface area (Å²) in [5.41, 5.74) is 2.45. The van der Waals surface area contributed by atoms with Crippen LogP contribution in [0.4, 0.5) is 0 Å². The Morgan fingerprint density at radius 3 is 2.56 bits per heavy atom. The second-order valence-electron chi connectivity index (χ2n) is 7.29. The zero-order valence-electron chi connectivity index (χ0n) is 15.3. The summed E-state index contributed by atoms with van der Waals surface area (Å²) in [5, 5.41) is 13.8. The summed E-state index contributed by atoms with van der Waals surface area (Å²) in [6.07, 6.45) is 3.61. The van der Waals surface area contributed by atoms with Crippen LogP contribution in [0.25, 0.3) is 0 Å². The minimum atomic E-state index is -3.67. The third-order valence-electron chi connectivity index (χ3n) is 5.40. The average molecular weight is 389 g/mol. The zero-order valence-corrected chi connectivity index (χ0v) is 16.1. The Kier molecular flexibility index (Phi) is 4.55. The lowest BCUT2D eigenvalue weighted by molar-refractivity contribution is 0.0687. The largest absolute Gasteiger partial charge is 0.476 e. The first-order valence-corrected chi connectivity index (χ1v) is 10.7. The van der Waals surface area contributed by atoms with E-state index in [0.29, 0.717) is 24.4 Å². The number of rotatable bonds is 6. The van der Waals surface area contributed by atoms with Crippen molar-refractivity contribution in [3.05, 3.63) is 46.8 Å². The molecule has 0 amide bonds. The maximum atomic E-state index is 13.0. The van der Waals surface area contributed by atoms with E-state index in [1.54, 1.807) is 16.8 Å². The molecule has 0 radical (unpaired) electrons. The van der Waals surface area contributed by atoms with Gasteiger partial charge in [-0.05, 0) is 42.9 Å². The summed E-state index contributed by atoms with van der Waals surface area (Å²) >= 11 is 0. The molecule has 1 aliphatic heterocycles. The molecule has 0 atom stereocenters. The SMILES string of the molecule is CCc1ccc(S(=O)(=O)N2CCc3c(c(C(=O)O)nn3CC3CC3)C2)cc1. The second kappa shape index (κ2) is 6.76. The van der Waals surface area contributed by atoms with Gasteiger partial charge in [-0.1, -0.05) is 19.1 Å². The van der Waals surface area contributed by atoms with Crippen LogP contribution in [0.15, 0.2) is 29.2 Å². The minimum absolute atomic E-state index is 0.0214. The molecule has 2 aliphatic rings. The van der Waals surface area contributed by atoms with Crippen molar-refractivity contribution in [2.24, 2.45) is 5.92 Å². The first kappa shape index (κ1) is 18.2. The van der Waals surface area contributed by atoms with Crippen molar-refractivity contribution in [2.45, 2.75) is 50.6 Å². The summed E-state index contributed by atoms with van der Waals surface area (Å²) < 4.78 is 29.2. The highest BCUT2D eigenvalue weighted by atomic mass is 32.2. The summed E-state index contributed by atoms with van der Waals surface area (Å²) in [5.74, 6) is -0.540. The van der Waals surface area contributed by atoms with Crippen molar-refractivity contribution in [2.75, 3.05) is 6.54 Å². The number of aromatic carboxylic acids is 1. The Bertz CT molecular complexity index is 975. The summed E-state index contributed by atoms with van der Waals surface area (Å²) in [6.45, 7) is 3.13. The molecule has 1 fully saturated rings. The smallest absolute Gasteiger partial charge is 0.356 e. The molecule has 2 aromatic rings. The standard InChI is InChI=1S/C19H23N3O4S/c1-2-13-5-7-15(8-6-13)27(25,26)21-10-9-17-16(12-21)18(19(23)24)20-22(17)11-14-3-4-14/h5-8,14H,2-4,9-12H2,1H3,(H,23,24). The Morgan fingerprint density at radius 2 is 1.96 bits per heavy atom. The lowest BCUT2D eigenvalue weighted by atomic mass is 10.1. The molecule has 1 aliphatic carbocycles. The van der Waals surface area contributed by atoms with Crippen molar-refractivity contribution < 1.29 is 18.3 Å². The molecule has 1 N–H and O–H groups in total. The molecule has 1 aromatic carbocycles. The predicted octanol–water partition coefficient (Wildman–Crippen LogP) is 2.30. The van der Waals surface area contributed by atoms with Gasteiger partial charge >= 0.3 is 5.97 Å². The molecule has 8 heteroatoms. The normalized spacial score (nSPS) is 17.7. The average Bonchev–Trinajstić information content (AvgIpc) is 3.41. The van der Waals surface area contributed by atoms with Crippen LogP contribution in [0.5, 0.6) is 0 Å². The first-order chi connectivity index (χ1) is 12.9. The van der Waals surface area contributed by atoms with Gasteiger partial charge < -0.3 is 5.11 Å². The molecule has 0 saturated heterocycles. The lowest BCUT2D eigenvalue weighted by Gasteiger charge is -2.27. The van der Waals surface area contributed by atoms with Gasteiger partial charge in [0.15, 0.2) is 5.69 Å². The number of aromatic nitrogens is 2. The fourth-order valence-corrected chi connectivity index (χ4v) is 4.99. The number of hydrogen-bond donors (Lipinski definition) is 1. The first-order valence-electron chi connectivity index (χ1n) is 9.31. The summed E-state index contributed by atoms with van der Waals surface area (Å²) in [7, 11) is -3.67. The summed E-state index contributed by atoms with van der Waals surface area (Å²) in [6, 6.07) is 6.88. The number of carboxylic acids is 1. The van der Waals surface area contributed by atoms with Gasteiger partial charge in [0.2, 0.25) is 10.0 Å². The third kappa shape index (κ3) is 3.39. The molecule has 2 heterocycles. The van der Waals surface area contributed by atoms with E-state index in [2.05, 4.69) is 5.10 Å². The molecule has 0 spiro atoms. The highest BCUT2D eigenvalue weighted by molar-refractivity contribution is 7.89. The number of sulfonamides is 1. The van der Waals surface area contributed by atoms with Gasteiger partial charge in [-0.15, -0.1) is 0 Å². The van der Waals surface area contributed by atoms with Gasteiger partial charge in [-0.25, -0.2) is 13.2 Å². The minimum Gasteiger partial charge on any atom is -0.476 e. The van der Waals surface area contributed by atoms with Crippen LogP contribution in [0.1, 0.15) is 47.1 Å². The van der Waals surface area contributed by atoms with Crippen molar-refractivity contribution in [3.63, 3.8) is 0 Å². The Balaban J connectivity index is 1.65. The molecular weight excluding hydrogens is 366 g/mol. The molecule has 0 bridgehead atoms. The van der Waals surface area contributed by atoms with Gasteiger partial charge in [0, 0.05) is 37.3 Å². The number of hydrogen-bond acceptors (Lipinski definition) is 4.